The maximum absolute atomic E-state index is 10.1. The largest absolute Gasteiger partial charge is 0.496 e. The van der Waals surface area contributed by atoms with Crippen LogP contribution in [0.4, 0.5) is 0 Å². The van der Waals surface area contributed by atoms with E-state index in [1.54, 1.807) is 25.0 Å². The lowest BCUT2D eigenvalue weighted by Crippen LogP contribution is -1.95. The average molecular weight is 237 g/mol. The molecule has 3 nitrogen and oxygen atoms in total. The Bertz CT molecular complexity index is 412. The third kappa shape index (κ3) is 2.87. The van der Waals surface area contributed by atoms with Gasteiger partial charge in [-0.05, 0) is 35.9 Å². The quantitative estimate of drug-likeness (QED) is 0.449. The van der Waals surface area contributed by atoms with Crippen LogP contribution in [-0.2, 0) is 17.8 Å². The van der Waals surface area contributed by atoms with E-state index in [-0.39, 0.29) is 0 Å². The fraction of sp³-hybridized carbons (Fsp3) is 0.417. The molecule has 16 heavy (non-hydrogen) atoms. The van der Waals surface area contributed by atoms with E-state index in [0.717, 1.165) is 22.6 Å². The van der Waals surface area contributed by atoms with Gasteiger partial charge in [-0.2, -0.15) is 0 Å². The number of methoxy groups -OCH3 is 1. The van der Waals surface area contributed by atoms with E-state index in [1.807, 2.05) is 12.3 Å². The fourth-order valence-electron chi connectivity index (χ4n) is 1.54. The summed E-state index contributed by atoms with van der Waals surface area (Å²) in [5.41, 5.74) is 2.18. The van der Waals surface area contributed by atoms with E-state index < -0.39 is 0 Å². The summed E-state index contributed by atoms with van der Waals surface area (Å²) in [4.78, 5) is 14.9. The van der Waals surface area contributed by atoms with Crippen molar-refractivity contribution in [3.63, 3.8) is 0 Å². The van der Waals surface area contributed by atoms with Crippen LogP contribution in [0.2, 0.25) is 0 Å². The van der Waals surface area contributed by atoms with Crippen LogP contribution in [0.3, 0.4) is 0 Å². The van der Waals surface area contributed by atoms with E-state index in [2.05, 4.69) is 18.0 Å². The number of hydrogen-bond donors (Lipinski definition) is 0. The molecule has 0 aliphatic carbocycles. The molecular formula is C12H15NO2S. The van der Waals surface area contributed by atoms with E-state index in [4.69, 9.17) is 4.74 Å². The number of hydrogen-bond acceptors (Lipinski definition) is 4. The Morgan fingerprint density at radius 2 is 2.19 bits per heavy atom. The molecule has 0 saturated heterocycles. The summed E-state index contributed by atoms with van der Waals surface area (Å²) in [6, 6.07) is 4.05. The number of rotatable bonds is 5. The third-order valence-corrected chi connectivity index (χ3v) is 3.20. The van der Waals surface area contributed by atoms with Crippen molar-refractivity contribution in [3.8, 4) is 5.75 Å². The zero-order valence-electron chi connectivity index (χ0n) is 9.74. The van der Waals surface area contributed by atoms with Gasteiger partial charge < -0.3 is 4.74 Å². The van der Waals surface area contributed by atoms with Gasteiger partial charge in [0.25, 0.3) is 0 Å². The number of benzene rings is 1. The van der Waals surface area contributed by atoms with Crippen LogP contribution < -0.4 is 4.74 Å². The number of aryl methyl sites for hydroxylation is 1. The van der Waals surface area contributed by atoms with Crippen molar-refractivity contribution in [1.82, 2.24) is 0 Å². The Hall–Kier alpha value is -1.25. The zero-order chi connectivity index (χ0) is 12.0. The van der Waals surface area contributed by atoms with Gasteiger partial charge in [-0.3, -0.25) is 0 Å². The molecule has 0 atom stereocenters. The highest BCUT2D eigenvalue weighted by Gasteiger charge is 2.08. The third-order valence-electron chi connectivity index (χ3n) is 2.38. The molecule has 0 amide bonds. The molecule has 0 aromatic heterocycles. The minimum absolute atomic E-state index is 0.361. The number of aliphatic imine (C=N–C) groups is 1. The van der Waals surface area contributed by atoms with Gasteiger partial charge in [0, 0.05) is 4.90 Å². The number of carbonyl (C=O) groups excluding carboxylic acids is 1. The maximum atomic E-state index is 10.1. The van der Waals surface area contributed by atoms with Gasteiger partial charge in [-0.1, -0.05) is 6.92 Å². The molecule has 0 unspecified atom stereocenters. The van der Waals surface area contributed by atoms with Crippen LogP contribution in [0.1, 0.15) is 18.1 Å². The average Bonchev–Trinajstić information content (AvgIpc) is 2.35. The Balaban J connectivity index is 3.19. The molecule has 0 N–H and O–H groups in total. The summed E-state index contributed by atoms with van der Waals surface area (Å²) >= 11 is 1.65. The number of thioether (sulfide) groups is 1. The molecule has 1 aromatic carbocycles. The summed E-state index contributed by atoms with van der Waals surface area (Å²) in [5, 5.41) is 0. The molecule has 0 heterocycles. The van der Waals surface area contributed by atoms with E-state index in [9.17, 15) is 4.79 Å². The molecule has 86 valence electrons. The van der Waals surface area contributed by atoms with Gasteiger partial charge in [-0.15, -0.1) is 11.8 Å². The van der Waals surface area contributed by atoms with Crippen molar-refractivity contribution < 1.29 is 9.53 Å². The topological polar surface area (TPSA) is 38.7 Å². The van der Waals surface area contributed by atoms with Crippen molar-refractivity contribution in [2.24, 2.45) is 4.99 Å². The molecule has 0 spiro atoms. The van der Waals surface area contributed by atoms with Crippen molar-refractivity contribution in [3.05, 3.63) is 23.3 Å². The normalized spacial score (nSPS) is 9.69. The van der Waals surface area contributed by atoms with Crippen molar-refractivity contribution in [1.29, 1.82) is 0 Å². The molecule has 0 fully saturated rings. The molecule has 1 rings (SSSR count). The predicted molar refractivity (Wildman–Crippen MR) is 66.0 cm³/mol. The highest BCUT2D eigenvalue weighted by molar-refractivity contribution is 7.98. The first kappa shape index (κ1) is 12.8. The lowest BCUT2D eigenvalue weighted by Gasteiger charge is -2.12. The van der Waals surface area contributed by atoms with Gasteiger partial charge in [0.05, 0.1) is 13.7 Å². The second kappa shape index (κ2) is 6.36. The Labute approximate surface area is 99.9 Å². The van der Waals surface area contributed by atoms with Crippen molar-refractivity contribution >= 4 is 17.8 Å². The van der Waals surface area contributed by atoms with Gasteiger partial charge >= 0.3 is 0 Å². The van der Waals surface area contributed by atoms with Gasteiger partial charge in [0.2, 0.25) is 6.08 Å². The van der Waals surface area contributed by atoms with Crippen LogP contribution in [0.15, 0.2) is 22.0 Å². The summed E-state index contributed by atoms with van der Waals surface area (Å²) < 4.78 is 5.31. The molecule has 0 bridgehead atoms. The zero-order valence-corrected chi connectivity index (χ0v) is 10.6. The standard InChI is InChI=1S/C12H15NO2S/c1-4-9-6-12(16-3)10(7-13-8-14)5-11(9)15-2/h5-6H,4,7H2,1-3H3. The molecule has 0 aliphatic rings. The molecule has 1 aromatic rings. The number of isocyanates is 1. The highest BCUT2D eigenvalue weighted by Crippen LogP contribution is 2.30. The lowest BCUT2D eigenvalue weighted by atomic mass is 10.1. The minimum Gasteiger partial charge on any atom is -0.496 e. The van der Waals surface area contributed by atoms with Crippen LogP contribution in [0.5, 0.6) is 5.75 Å². The van der Waals surface area contributed by atoms with Gasteiger partial charge in [-0.25, -0.2) is 9.79 Å². The lowest BCUT2D eigenvalue weighted by molar-refractivity contribution is 0.409. The Morgan fingerprint density at radius 3 is 2.69 bits per heavy atom. The second-order valence-corrected chi connectivity index (χ2v) is 4.09. The number of ether oxygens (including phenoxy) is 1. The first-order valence-electron chi connectivity index (χ1n) is 5.04. The van der Waals surface area contributed by atoms with E-state index in [1.165, 1.54) is 5.56 Å². The number of nitrogens with zero attached hydrogens (tertiary/aromatic N) is 1. The Morgan fingerprint density at radius 1 is 1.44 bits per heavy atom. The molecule has 0 aliphatic heterocycles. The van der Waals surface area contributed by atoms with Gasteiger partial charge in [0.15, 0.2) is 0 Å². The summed E-state index contributed by atoms with van der Waals surface area (Å²) in [6.07, 6.45) is 4.49. The van der Waals surface area contributed by atoms with Crippen molar-refractivity contribution in [2.45, 2.75) is 24.8 Å². The van der Waals surface area contributed by atoms with Crippen LogP contribution in [0.25, 0.3) is 0 Å². The Kier molecular flexibility index (Phi) is 5.09. The van der Waals surface area contributed by atoms with E-state index >= 15 is 0 Å². The maximum Gasteiger partial charge on any atom is 0.235 e. The minimum atomic E-state index is 0.361. The SMILES string of the molecule is CCc1cc(SC)c(CN=C=O)cc1OC. The molecule has 4 heteroatoms. The highest BCUT2D eigenvalue weighted by atomic mass is 32.2. The second-order valence-electron chi connectivity index (χ2n) is 3.24. The van der Waals surface area contributed by atoms with Crippen LogP contribution >= 0.6 is 11.8 Å². The van der Waals surface area contributed by atoms with Crippen LogP contribution in [-0.4, -0.2) is 19.4 Å². The summed E-state index contributed by atoms with van der Waals surface area (Å²) in [5.74, 6) is 0.858. The first-order valence-corrected chi connectivity index (χ1v) is 6.26. The first-order chi connectivity index (χ1) is 7.76. The summed E-state index contributed by atoms with van der Waals surface area (Å²) in [6.45, 7) is 2.45. The smallest absolute Gasteiger partial charge is 0.235 e. The summed E-state index contributed by atoms with van der Waals surface area (Å²) in [7, 11) is 1.65. The molecular weight excluding hydrogens is 222 g/mol. The monoisotopic (exact) mass is 237 g/mol. The van der Waals surface area contributed by atoms with Gasteiger partial charge in [0.1, 0.15) is 5.75 Å². The molecule has 0 saturated carbocycles. The van der Waals surface area contributed by atoms with E-state index in [0.29, 0.717) is 6.54 Å². The van der Waals surface area contributed by atoms with Crippen LogP contribution in [0, 0.1) is 0 Å². The van der Waals surface area contributed by atoms with Crippen molar-refractivity contribution in [2.75, 3.05) is 13.4 Å². The molecule has 0 radical (unpaired) electrons. The fourth-order valence-corrected chi connectivity index (χ4v) is 2.19. The predicted octanol–water partition coefficient (Wildman–Crippen LogP) is 2.82.